The second-order valence-corrected chi connectivity index (χ2v) is 7.56. The van der Waals surface area contributed by atoms with Gasteiger partial charge < -0.3 is 16.0 Å². The van der Waals surface area contributed by atoms with E-state index < -0.39 is 0 Å². The van der Waals surface area contributed by atoms with Crippen molar-refractivity contribution in [3.8, 4) is 0 Å². The van der Waals surface area contributed by atoms with Gasteiger partial charge in [0.25, 0.3) is 0 Å². The molecular formula is C26H30N4. The standard InChI is InChI=1S/C26H30N4/c1-19(2)5-6-20(3)28-22-11-13-24(14-12-22)30-26-17-15-25(16-18-26)29-23-9-7-21(27-4)8-10-23/h5-19,27,29-30H,1-4H3/b6-5-,28-20?. The number of rotatable bonds is 8. The lowest BCUT2D eigenvalue weighted by molar-refractivity contribution is 0.832. The van der Waals surface area contributed by atoms with Gasteiger partial charge in [-0.2, -0.15) is 0 Å². The molecule has 4 nitrogen and oxygen atoms in total. The number of hydrogen-bond acceptors (Lipinski definition) is 4. The molecule has 3 N–H and O–H groups in total. The minimum absolute atomic E-state index is 0.530. The molecule has 3 aromatic carbocycles. The van der Waals surface area contributed by atoms with Crippen LogP contribution in [0.3, 0.4) is 0 Å². The molecule has 0 saturated carbocycles. The van der Waals surface area contributed by atoms with E-state index in [1.54, 1.807) is 0 Å². The second-order valence-electron chi connectivity index (χ2n) is 7.56. The van der Waals surface area contributed by atoms with Crippen LogP contribution in [0.25, 0.3) is 0 Å². The number of benzene rings is 3. The maximum Gasteiger partial charge on any atom is 0.0634 e. The van der Waals surface area contributed by atoms with Crippen LogP contribution in [0.1, 0.15) is 20.8 Å². The monoisotopic (exact) mass is 398 g/mol. The Bertz CT molecular complexity index is 983. The molecule has 0 aromatic heterocycles. The number of anilines is 5. The highest BCUT2D eigenvalue weighted by molar-refractivity contribution is 5.94. The van der Waals surface area contributed by atoms with E-state index in [9.17, 15) is 0 Å². The molecule has 0 radical (unpaired) electrons. The SMILES string of the molecule is CNc1ccc(Nc2ccc(Nc3ccc(N=C(C)/C=C\C(C)C)cc3)cc2)cc1. The third-order valence-electron chi connectivity index (χ3n) is 4.53. The van der Waals surface area contributed by atoms with Gasteiger partial charge >= 0.3 is 0 Å². The Labute approximate surface area is 179 Å². The Kier molecular flexibility index (Phi) is 7.28. The van der Waals surface area contributed by atoms with Gasteiger partial charge in [-0.3, -0.25) is 4.99 Å². The first-order chi connectivity index (χ1) is 14.5. The van der Waals surface area contributed by atoms with Crippen LogP contribution in [0.4, 0.5) is 34.1 Å². The number of nitrogens with one attached hydrogen (secondary N) is 3. The zero-order chi connectivity index (χ0) is 21.3. The molecular weight excluding hydrogens is 368 g/mol. The molecule has 0 aliphatic rings. The fourth-order valence-electron chi connectivity index (χ4n) is 2.88. The molecule has 3 aromatic rings. The van der Waals surface area contributed by atoms with Crippen molar-refractivity contribution < 1.29 is 0 Å². The highest BCUT2D eigenvalue weighted by Gasteiger charge is 1.99. The molecule has 3 rings (SSSR count). The molecule has 154 valence electrons. The van der Waals surface area contributed by atoms with Gasteiger partial charge in [-0.05, 0) is 91.7 Å². The van der Waals surface area contributed by atoms with E-state index in [1.807, 2.05) is 50.4 Å². The summed E-state index contributed by atoms with van der Waals surface area (Å²) in [5.74, 6) is 0.530. The number of allylic oxidation sites excluding steroid dienone is 2. The summed E-state index contributed by atoms with van der Waals surface area (Å²) in [4.78, 5) is 4.63. The minimum atomic E-state index is 0.530. The lowest BCUT2D eigenvalue weighted by atomic mass is 10.2. The topological polar surface area (TPSA) is 48.4 Å². The Balaban J connectivity index is 1.59. The molecule has 4 heteroatoms. The lowest BCUT2D eigenvalue weighted by Gasteiger charge is -2.10. The van der Waals surface area contributed by atoms with Gasteiger partial charge in [-0.15, -0.1) is 0 Å². The van der Waals surface area contributed by atoms with Crippen molar-refractivity contribution in [2.75, 3.05) is 23.0 Å². The zero-order valence-electron chi connectivity index (χ0n) is 18.1. The Morgan fingerprint density at radius 2 is 1.10 bits per heavy atom. The van der Waals surface area contributed by atoms with Crippen molar-refractivity contribution in [1.29, 1.82) is 0 Å². The highest BCUT2D eigenvalue weighted by Crippen LogP contribution is 2.24. The maximum absolute atomic E-state index is 4.63. The molecule has 0 bridgehead atoms. The van der Waals surface area contributed by atoms with Gasteiger partial charge in [0.15, 0.2) is 0 Å². The molecule has 0 heterocycles. The first-order valence-corrected chi connectivity index (χ1v) is 10.3. The van der Waals surface area contributed by atoms with E-state index in [0.29, 0.717) is 5.92 Å². The van der Waals surface area contributed by atoms with E-state index in [4.69, 9.17) is 0 Å². The molecule has 0 spiro atoms. The molecule has 0 aliphatic carbocycles. The normalized spacial score (nSPS) is 11.7. The van der Waals surface area contributed by atoms with E-state index in [2.05, 4.69) is 83.3 Å². The van der Waals surface area contributed by atoms with Gasteiger partial charge in [0.05, 0.1) is 5.69 Å². The quantitative estimate of drug-likeness (QED) is 0.344. The van der Waals surface area contributed by atoms with Gasteiger partial charge in [-0.25, -0.2) is 0 Å². The molecule has 0 fully saturated rings. The molecule has 0 unspecified atom stereocenters. The largest absolute Gasteiger partial charge is 0.388 e. The summed E-state index contributed by atoms with van der Waals surface area (Å²) in [7, 11) is 1.92. The van der Waals surface area contributed by atoms with E-state index in [0.717, 1.165) is 39.8 Å². The summed E-state index contributed by atoms with van der Waals surface area (Å²) >= 11 is 0. The predicted octanol–water partition coefficient (Wildman–Crippen LogP) is 7.52. The van der Waals surface area contributed by atoms with Crippen molar-refractivity contribution in [3.05, 3.63) is 84.9 Å². The second kappa shape index (κ2) is 10.3. The van der Waals surface area contributed by atoms with Gasteiger partial charge in [-0.1, -0.05) is 19.9 Å². The summed E-state index contributed by atoms with van der Waals surface area (Å²) in [6.07, 6.45) is 4.23. The van der Waals surface area contributed by atoms with Crippen molar-refractivity contribution in [2.45, 2.75) is 20.8 Å². The van der Waals surface area contributed by atoms with Gasteiger partial charge in [0.2, 0.25) is 0 Å². The summed E-state index contributed by atoms with van der Waals surface area (Å²) < 4.78 is 0. The number of nitrogens with zero attached hydrogens (tertiary/aromatic N) is 1. The average molecular weight is 399 g/mol. The predicted molar refractivity (Wildman–Crippen MR) is 132 cm³/mol. The third kappa shape index (κ3) is 6.52. The Hall–Kier alpha value is -3.53. The van der Waals surface area contributed by atoms with E-state index in [1.165, 1.54) is 0 Å². The van der Waals surface area contributed by atoms with Crippen LogP contribution in [-0.4, -0.2) is 12.8 Å². The van der Waals surface area contributed by atoms with E-state index in [-0.39, 0.29) is 0 Å². The first kappa shape index (κ1) is 21.2. The number of aliphatic imine (C=N–C) groups is 1. The molecule has 0 atom stereocenters. The van der Waals surface area contributed by atoms with Crippen LogP contribution in [0.2, 0.25) is 0 Å². The third-order valence-corrected chi connectivity index (χ3v) is 4.53. The zero-order valence-corrected chi connectivity index (χ0v) is 18.1. The fraction of sp³-hybridized carbons (Fsp3) is 0.192. The lowest BCUT2D eigenvalue weighted by Crippen LogP contribution is -1.93. The summed E-state index contributed by atoms with van der Waals surface area (Å²) in [5, 5.41) is 9.97. The Morgan fingerprint density at radius 1 is 0.700 bits per heavy atom. The smallest absolute Gasteiger partial charge is 0.0634 e. The maximum atomic E-state index is 4.63. The van der Waals surface area contributed by atoms with Crippen molar-refractivity contribution in [1.82, 2.24) is 0 Å². The highest BCUT2D eigenvalue weighted by atomic mass is 14.9. The van der Waals surface area contributed by atoms with Crippen LogP contribution < -0.4 is 16.0 Å². The van der Waals surface area contributed by atoms with Crippen molar-refractivity contribution in [2.24, 2.45) is 10.9 Å². The summed E-state index contributed by atoms with van der Waals surface area (Å²) in [6.45, 7) is 6.35. The first-order valence-electron chi connectivity index (χ1n) is 10.3. The summed E-state index contributed by atoms with van der Waals surface area (Å²) in [5.41, 5.74) is 7.24. The summed E-state index contributed by atoms with van der Waals surface area (Å²) in [6, 6.07) is 24.6. The molecule has 0 aliphatic heterocycles. The number of hydrogen-bond donors (Lipinski definition) is 3. The van der Waals surface area contributed by atoms with Gasteiger partial charge in [0, 0.05) is 41.2 Å². The van der Waals surface area contributed by atoms with Crippen LogP contribution >= 0.6 is 0 Å². The molecule has 0 saturated heterocycles. The molecule has 30 heavy (non-hydrogen) atoms. The van der Waals surface area contributed by atoms with Gasteiger partial charge in [0.1, 0.15) is 0 Å². The van der Waals surface area contributed by atoms with Crippen molar-refractivity contribution in [3.63, 3.8) is 0 Å². The Morgan fingerprint density at radius 3 is 1.50 bits per heavy atom. The average Bonchev–Trinajstić information content (AvgIpc) is 2.75. The fourth-order valence-corrected chi connectivity index (χ4v) is 2.88. The van der Waals surface area contributed by atoms with Crippen molar-refractivity contribution >= 4 is 39.8 Å². The van der Waals surface area contributed by atoms with Crippen LogP contribution in [0.5, 0.6) is 0 Å². The van der Waals surface area contributed by atoms with Crippen LogP contribution in [0, 0.1) is 5.92 Å². The van der Waals surface area contributed by atoms with Crippen LogP contribution in [-0.2, 0) is 0 Å². The minimum Gasteiger partial charge on any atom is -0.388 e. The molecule has 0 amide bonds. The van der Waals surface area contributed by atoms with Crippen LogP contribution in [0.15, 0.2) is 89.9 Å². The van der Waals surface area contributed by atoms with E-state index >= 15 is 0 Å².